The maximum Gasteiger partial charge on any atom is 0.256 e. The van der Waals surface area contributed by atoms with E-state index < -0.39 is 0 Å². The average Bonchev–Trinajstić information content (AvgIpc) is 2.70. The molecule has 2 aromatic carbocycles. The first-order chi connectivity index (χ1) is 13.4. The number of rotatable bonds is 2. The van der Waals surface area contributed by atoms with Gasteiger partial charge >= 0.3 is 0 Å². The van der Waals surface area contributed by atoms with E-state index in [9.17, 15) is 14.0 Å². The number of nitrogens with zero attached hydrogens (tertiary/aromatic N) is 2. The number of H-pyrrole nitrogens is 1. The van der Waals surface area contributed by atoms with Gasteiger partial charge in [-0.25, -0.2) is 9.37 Å². The summed E-state index contributed by atoms with van der Waals surface area (Å²) in [7, 11) is 0. The summed E-state index contributed by atoms with van der Waals surface area (Å²) in [5.74, 6) is -0.209. The molecule has 0 bridgehead atoms. The number of fused-ring (bicyclic) bond motifs is 1. The Bertz CT molecular complexity index is 1130. The van der Waals surface area contributed by atoms with Crippen LogP contribution in [-0.4, -0.2) is 27.3 Å². The summed E-state index contributed by atoms with van der Waals surface area (Å²) in [6.07, 6.45) is 0.445. The van der Waals surface area contributed by atoms with Crippen LogP contribution in [0.3, 0.4) is 0 Å². The molecule has 0 atom stereocenters. The second kappa shape index (κ2) is 7.37. The Labute approximate surface area is 169 Å². The van der Waals surface area contributed by atoms with Crippen molar-refractivity contribution < 1.29 is 9.18 Å². The normalized spacial score (nSPS) is 13.3. The SMILES string of the molecule is O=C(c1ccc(Cl)c(Cl)c1)N1CCc2nc(-c3ccc(F)cc3)[nH]c(=O)c2C1. The molecule has 2 heterocycles. The highest BCUT2D eigenvalue weighted by atomic mass is 35.5. The average molecular weight is 418 g/mol. The molecule has 0 unspecified atom stereocenters. The number of amides is 1. The molecule has 4 rings (SSSR count). The van der Waals surface area contributed by atoms with E-state index in [1.807, 2.05) is 0 Å². The number of nitrogens with one attached hydrogen (secondary N) is 1. The zero-order valence-electron chi connectivity index (χ0n) is 14.5. The lowest BCUT2D eigenvalue weighted by Gasteiger charge is -2.28. The summed E-state index contributed by atoms with van der Waals surface area (Å²) in [6, 6.07) is 10.4. The summed E-state index contributed by atoms with van der Waals surface area (Å²) >= 11 is 11.9. The Kier molecular flexibility index (Phi) is 4.91. The van der Waals surface area contributed by atoms with Gasteiger partial charge in [0, 0.05) is 24.1 Å². The van der Waals surface area contributed by atoms with Crippen molar-refractivity contribution in [2.24, 2.45) is 0 Å². The highest BCUT2D eigenvalue weighted by molar-refractivity contribution is 6.42. The van der Waals surface area contributed by atoms with Crippen molar-refractivity contribution in [1.82, 2.24) is 14.9 Å². The fraction of sp³-hybridized carbons (Fsp3) is 0.150. The molecule has 28 heavy (non-hydrogen) atoms. The quantitative estimate of drug-likeness (QED) is 0.682. The van der Waals surface area contributed by atoms with E-state index in [0.717, 1.165) is 0 Å². The van der Waals surface area contributed by atoms with Gasteiger partial charge in [0.25, 0.3) is 11.5 Å². The van der Waals surface area contributed by atoms with Crippen LogP contribution in [0, 0.1) is 5.82 Å². The minimum absolute atomic E-state index is 0.153. The third-order valence-corrected chi connectivity index (χ3v) is 5.38. The van der Waals surface area contributed by atoms with Gasteiger partial charge in [0.15, 0.2) is 0 Å². The van der Waals surface area contributed by atoms with Crippen LogP contribution in [0.5, 0.6) is 0 Å². The first-order valence-electron chi connectivity index (χ1n) is 8.54. The van der Waals surface area contributed by atoms with E-state index in [1.165, 1.54) is 18.2 Å². The molecule has 1 aliphatic rings. The number of aromatic amines is 1. The van der Waals surface area contributed by atoms with Crippen LogP contribution < -0.4 is 5.56 Å². The lowest BCUT2D eigenvalue weighted by atomic mass is 10.0. The van der Waals surface area contributed by atoms with Crippen LogP contribution in [-0.2, 0) is 13.0 Å². The summed E-state index contributed by atoms with van der Waals surface area (Å²) < 4.78 is 13.1. The second-order valence-corrected chi connectivity index (χ2v) is 7.27. The van der Waals surface area contributed by atoms with E-state index in [2.05, 4.69) is 9.97 Å². The van der Waals surface area contributed by atoms with Gasteiger partial charge in [0.2, 0.25) is 0 Å². The van der Waals surface area contributed by atoms with Crippen LogP contribution >= 0.6 is 23.2 Å². The van der Waals surface area contributed by atoms with Gasteiger partial charge in [-0.1, -0.05) is 23.2 Å². The molecule has 0 aliphatic carbocycles. The number of halogens is 3. The van der Waals surface area contributed by atoms with E-state index in [0.29, 0.717) is 51.2 Å². The summed E-state index contributed by atoms with van der Waals surface area (Å²) in [4.78, 5) is 34.2. The Hall–Kier alpha value is -2.70. The molecule has 0 saturated carbocycles. The Morgan fingerprint density at radius 3 is 2.57 bits per heavy atom. The number of hydrogen-bond acceptors (Lipinski definition) is 3. The number of carbonyl (C=O) groups excluding carboxylic acids is 1. The predicted molar refractivity (Wildman–Crippen MR) is 105 cm³/mol. The largest absolute Gasteiger partial charge is 0.334 e. The maximum atomic E-state index is 13.1. The topological polar surface area (TPSA) is 66.1 Å². The standard InChI is InChI=1S/C20H14Cl2FN3O2/c21-15-6-3-12(9-16(15)22)20(28)26-8-7-17-14(10-26)19(27)25-18(24-17)11-1-4-13(23)5-2-11/h1-6,9H,7-8,10H2,(H,24,25,27). The molecule has 8 heteroatoms. The van der Waals surface area contributed by atoms with Crippen LogP contribution in [0.4, 0.5) is 4.39 Å². The monoisotopic (exact) mass is 417 g/mol. The van der Waals surface area contributed by atoms with Crippen molar-refractivity contribution in [2.45, 2.75) is 13.0 Å². The van der Waals surface area contributed by atoms with Crippen molar-refractivity contribution in [2.75, 3.05) is 6.54 Å². The smallest absolute Gasteiger partial charge is 0.256 e. The number of hydrogen-bond donors (Lipinski definition) is 1. The minimum Gasteiger partial charge on any atom is -0.334 e. The van der Waals surface area contributed by atoms with Gasteiger partial charge in [-0.15, -0.1) is 0 Å². The fourth-order valence-electron chi connectivity index (χ4n) is 3.15. The Morgan fingerprint density at radius 1 is 1.11 bits per heavy atom. The third-order valence-electron chi connectivity index (χ3n) is 4.64. The van der Waals surface area contributed by atoms with Crippen LogP contribution in [0.2, 0.25) is 10.0 Å². The van der Waals surface area contributed by atoms with Crippen molar-refractivity contribution in [3.8, 4) is 11.4 Å². The highest BCUT2D eigenvalue weighted by Gasteiger charge is 2.25. The van der Waals surface area contributed by atoms with Gasteiger partial charge in [-0.2, -0.15) is 0 Å². The molecule has 0 saturated heterocycles. The molecule has 1 amide bonds. The lowest BCUT2D eigenvalue weighted by Crippen LogP contribution is -2.39. The molecular weight excluding hydrogens is 404 g/mol. The zero-order chi connectivity index (χ0) is 19.8. The molecule has 1 aliphatic heterocycles. The van der Waals surface area contributed by atoms with Crippen LogP contribution in [0.25, 0.3) is 11.4 Å². The summed E-state index contributed by atoms with van der Waals surface area (Å²) in [6.45, 7) is 0.575. The number of aromatic nitrogens is 2. The zero-order valence-corrected chi connectivity index (χ0v) is 16.0. The van der Waals surface area contributed by atoms with Gasteiger partial charge in [0.1, 0.15) is 11.6 Å². The highest BCUT2D eigenvalue weighted by Crippen LogP contribution is 2.25. The molecule has 5 nitrogen and oxygen atoms in total. The maximum absolute atomic E-state index is 13.1. The third kappa shape index (κ3) is 3.53. The van der Waals surface area contributed by atoms with Gasteiger partial charge in [-0.3, -0.25) is 9.59 Å². The fourth-order valence-corrected chi connectivity index (χ4v) is 3.45. The number of benzene rings is 2. The minimum atomic E-state index is -0.361. The summed E-state index contributed by atoms with van der Waals surface area (Å²) in [5.41, 5.74) is 1.81. The van der Waals surface area contributed by atoms with Crippen LogP contribution in [0.1, 0.15) is 21.6 Å². The van der Waals surface area contributed by atoms with E-state index in [-0.39, 0.29) is 23.8 Å². The molecule has 1 N–H and O–H groups in total. The lowest BCUT2D eigenvalue weighted by molar-refractivity contribution is 0.0732. The van der Waals surface area contributed by atoms with Crippen molar-refractivity contribution in [1.29, 1.82) is 0 Å². The van der Waals surface area contributed by atoms with Crippen molar-refractivity contribution in [3.05, 3.63) is 85.5 Å². The van der Waals surface area contributed by atoms with E-state index in [1.54, 1.807) is 29.2 Å². The number of carbonyl (C=O) groups is 1. The first kappa shape index (κ1) is 18.7. The van der Waals surface area contributed by atoms with Crippen molar-refractivity contribution in [3.63, 3.8) is 0 Å². The Balaban J connectivity index is 1.62. The second-order valence-electron chi connectivity index (χ2n) is 6.45. The molecule has 3 aromatic rings. The molecule has 0 radical (unpaired) electrons. The van der Waals surface area contributed by atoms with E-state index >= 15 is 0 Å². The molecule has 0 spiro atoms. The molecule has 1 aromatic heterocycles. The van der Waals surface area contributed by atoms with Crippen LogP contribution in [0.15, 0.2) is 47.3 Å². The first-order valence-corrected chi connectivity index (χ1v) is 9.30. The van der Waals surface area contributed by atoms with Gasteiger partial charge in [0.05, 0.1) is 27.8 Å². The van der Waals surface area contributed by atoms with Gasteiger partial charge in [-0.05, 0) is 42.5 Å². The molecular formula is C20H14Cl2FN3O2. The van der Waals surface area contributed by atoms with Gasteiger partial charge < -0.3 is 9.88 Å². The predicted octanol–water partition coefficient (Wildman–Crippen LogP) is 4.08. The Morgan fingerprint density at radius 2 is 1.86 bits per heavy atom. The summed E-state index contributed by atoms with van der Waals surface area (Å²) in [5, 5.41) is 0.671. The molecule has 0 fully saturated rings. The van der Waals surface area contributed by atoms with Crippen molar-refractivity contribution >= 4 is 29.1 Å². The van der Waals surface area contributed by atoms with E-state index in [4.69, 9.17) is 23.2 Å². The molecule has 142 valence electrons.